The molecule has 2 aliphatic rings. The molecule has 2 heterocycles. The van der Waals surface area contributed by atoms with Gasteiger partial charge in [-0.2, -0.15) is 0 Å². The maximum atomic E-state index is 12.3. The number of rotatable bonds is 0. The number of carbonyl (C=O) groups is 2. The van der Waals surface area contributed by atoms with Crippen molar-refractivity contribution in [2.75, 3.05) is 6.54 Å². The van der Waals surface area contributed by atoms with Crippen LogP contribution in [0.15, 0.2) is 0 Å². The second kappa shape index (κ2) is 3.47. The number of piperazine rings is 1. The van der Waals surface area contributed by atoms with E-state index in [4.69, 9.17) is 0 Å². The van der Waals surface area contributed by atoms with Gasteiger partial charge in [0.1, 0.15) is 12.1 Å². The third-order valence-corrected chi connectivity index (χ3v) is 3.53. The van der Waals surface area contributed by atoms with E-state index in [9.17, 15) is 9.59 Å². The largest absolute Gasteiger partial charge is 0.329 e. The Morgan fingerprint density at radius 3 is 2.38 bits per heavy atom. The van der Waals surface area contributed by atoms with Gasteiger partial charge in [-0.05, 0) is 40.5 Å². The van der Waals surface area contributed by atoms with Crippen molar-refractivity contribution in [3.05, 3.63) is 0 Å². The van der Waals surface area contributed by atoms with E-state index in [2.05, 4.69) is 0 Å². The average Bonchev–Trinajstić information content (AvgIpc) is 2.61. The third-order valence-electron chi connectivity index (χ3n) is 3.53. The molecule has 2 amide bonds. The minimum absolute atomic E-state index is 0.108. The number of hydrogen-bond acceptors (Lipinski definition) is 2. The van der Waals surface area contributed by atoms with Gasteiger partial charge < -0.3 is 9.80 Å². The van der Waals surface area contributed by atoms with E-state index in [0.717, 1.165) is 19.4 Å². The molecule has 4 nitrogen and oxygen atoms in total. The summed E-state index contributed by atoms with van der Waals surface area (Å²) < 4.78 is 0. The van der Waals surface area contributed by atoms with Crippen LogP contribution in [-0.4, -0.2) is 45.8 Å². The van der Waals surface area contributed by atoms with Gasteiger partial charge in [-0.25, -0.2) is 0 Å². The lowest BCUT2D eigenvalue weighted by Gasteiger charge is -2.47. The fraction of sp³-hybridized carbons (Fsp3) is 0.833. The van der Waals surface area contributed by atoms with E-state index in [1.54, 1.807) is 9.80 Å². The molecular formula is C12H20N2O2. The Balaban J connectivity index is 2.34. The number of amides is 2. The first kappa shape index (κ1) is 11.4. The molecule has 2 rings (SSSR count). The highest BCUT2D eigenvalue weighted by Gasteiger charge is 2.48. The van der Waals surface area contributed by atoms with E-state index in [1.807, 2.05) is 27.7 Å². The summed E-state index contributed by atoms with van der Waals surface area (Å²) in [6.45, 7) is 8.54. The minimum atomic E-state index is -0.318. The SMILES string of the molecule is CC1C(=O)N2CCCC2C(=O)N1C(C)(C)C. The Hall–Kier alpha value is -1.06. The molecule has 2 aliphatic heterocycles. The van der Waals surface area contributed by atoms with E-state index >= 15 is 0 Å². The monoisotopic (exact) mass is 224 g/mol. The van der Waals surface area contributed by atoms with Crippen LogP contribution in [0, 0.1) is 0 Å². The highest BCUT2D eigenvalue weighted by atomic mass is 16.2. The maximum Gasteiger partial charge on any atom is 0.246 e. The van der Waals surface area contributed by atoms with Crippen LogP contribution in [0.2, 0.25) is 0 Å². The summed E-state index contributed by atoms with van der Waals surface area (Å²) in [7, 11) is 0. The van der Waals surface area contributed by atoms with Crippen LogP contribution in [0.1, 0.15) is 40.5 Å². The highest BCUT2D eigenvalue weighted by Crippen LogP contribution is 2.31. The summed E-state index contributed by atoms with van der Waals surface area (Å²) >= 11 is 0. The molecular weight excluding hydrogens is 204 g/mol. The Kier molecular flexibility index (Phi) is 2.48. The third kappa shape index (κ3) is 1.51. The van der Waals surface area contributed by atoms with Gasteiger partial charge in [0.25, 0.3) is 0 Å². The molecule has 0 aromatic rings. The Morgan fingerprint density at radius 2 is 1.81 bits per heavy atom. The fourth-order valence-corrected chi connectivity index (χ4v) is 2.90. The normalized spacial score (nSPS) is 31.0. The van der Waals surface area contributed by atoms with Crippen molar-refractivity contribution in [1.29, 1.82) is 0 Å². The summed E-state index contributed by atoms with van der Waals surface area (Å²) in [6, 6.07) is -0.509. The summed E-state index contributed by atoms with van der Waals surface area (Å²) in [4.78, 5) is 28.0. The molecule has 2 fully saturated rings. The van der Waals surface area contributed by atoms with E-state index < -0.39 is 0 Å². The van der Waals surface area contributed by atoms with Gasteiger partial charge in [0.15, 0.2) is 0 Å². The second-order valence-corrected chi connectivity index (χ2v) is 5.74. The first-order valence-corrected chi connectivity index (χ1v) is 5.97. The van der Waals surface area contributed by atoms with Gasteiger partial charge >= 0.3 is 0 Å². The molecule has 0 aliphatic carbocycles. The average molecular weight is 224 g/mol. The molecule has 4 heteroatoms. The predicted octanol–water partition coefficient (Wildman–Crippen LogP) is 1.01. The quantitative estimate of drug-likeness (QED) is 0.616. The molecule has 2 atom stereocenters. The van der Waals surface area contributed by atoms with Crippen molar-refractivity contribution in [2.24, 2.45) is 0 Å². The van der Waals surface area contributed by atoms with Gasteiger partial charge in [0.05, 0.1) is 0 Å². The van der Waals surface area contributed by atoms with E-state index in [-0.39, 0.29) is 29.4 Å². The lowest BCUT2D eigenvalue weighted by Crippen LogP contribution is -2.66. The summed E-state index contributed by atoms with van der Waals surface area (Å²) in [5.74, 6) is 0.231. The molecule has 0 radical (unpaired) electrons. The van der Waals surface area contributed by atoms with Crippen LogP contribution in [0.3, 0.4) is 0 Å². The molecule has 0 spiro atoms. The minimum Gasteiger partial charge on any atom is -0.329 e. The van der Waals surface area contributed by atoms with Crippen molar-refractivity contribution in [3.63, 3.8) is 0 Å². The number of nitrogens with zero attached hydrogens (tertiary/aromatic N) is 2. The van der Waals surface area contributed by atoms with Crippen LogP contribution in [-0.2, 0) is 9.59 Å². The van der Waals surface area contributed by atoms with Gasteiger partial charge in [-0.1, -0.05) is 0 Å². The second-order valence-electron chi connectivity index (χ2n) is 5.74. The van der Waals surface area contributed by atoms with Gasteiger partial charge in [-0.3, -0.25) is 9.59 Å². The number of hydrogen-bond donors (Lipinski definition) is 0. The van der Waals surface area contributed by atoms with Crippen molar-refractivity contribution >= 4 is 11.8 Å². The van der Waals surface area contributed by atoms with Gasteiger partial charge in [0.2, 0.25) is 11.8 Å². The van der Waals surface area contributed by atoms with Crippen molar-refractivity contribution < 1.29 is 9.59 Å². The van der Waals surface area contributed by atoms with E-state index in [1.165, 1.54) is 0 Å². The number of fused-ring (bicyclic) bond motifs is 1. The van der Waals surface area contributed by atoms with Crippen molar-refractivity contribution in [3.8, 4) is 0 Å². The van der Waals surface area contributed by atoms with Crippen molar-refractivity contribution in [1.82, 2.24) is 9.80 Å². The Labute approximate surface area is 96.6 Å². The molecule has 0 aromatic heterocycles. The first-order valence-electron chi connectivity index (χ1n) is 5.97. The molecule has 0 bridgehead atoms. The van der Waals surface area contributed by atoms with Gasteiger partial charge in [-0.15, -0.1) is 0 Å². The number of carbonyl (C=O) groups excluding carboxylic acids is 2. The predicted molar refractivity (Wildman–Crippen MR) is 60.8 cm³/mol. The molecule has 90 valence electrons. The summed E-state index contributed by atoms with van der Waals surface area (Å²) in [5.41, 5.74) is -0.277. The highest BCUT2D eigenvalue weighted by molar-refractivity contribution is 5.97. The maximum absolute atomic E-state index is 12.3. The Bertz CT molecular complexity index is 332. The molecule has 0 N–H and O–H groups in total. The van der Waals surface area contributed by atoms with Crippen LogP contribution < -0.4 is 0 Å². The van der Waals surface area contributed by atoms with Crippen LogP contribution in [0.5, 0.6) is 0 Å². The zero-order chi connectivity index (χ0) is 12.1. The van der Waals surface area contributed by atoms with Gasteiger partial charge in [0, 0.05) is 12.1 Å². The van der Waals surface area contributed by atoms with Crippen LogP contribution in [0.25, 0.3) is 0 Å². The van der Waals surface area contributed by atoms with E-state index in [0.29, 0.717) is 0 Å². The van der Waals surface area contributed by atoms with Crippen molar-refractivity contribution in [2.45, 2.75) is 58.2 Å². The molecule has 2 unspecified atom stereocenters. The molecule has 0 aromatic carbocycles. The molecule has 16 heavy (non-hydrogen) atoms. The van der Waals surface area contributed by atoms with Crippen LogP contribution >= 0.6 is 0 Å². The first-order chi connectivity index (χ1) is 7.34. The Morgan fingerprint density at radius 1 is 1.19 bits per heavy atom. The molecule has 2 saturated heterocycles. The summed E-state index contributed by atoms with van der Waals surface area (Å²) in [6.07, 6.45) is 1.77. The zero-order valence-electron chi connectivity index (χ0n) is 10.5. The summed E-state index contributed by atoms with van der Waals surface area (Å²) in [5, 5.41) is 0. The lowest BCUT2D eigenvalue weighted by atomic mass is 9.97. The lowest BCUT2D eigenvalue weighted by molar-refractivity contribution is -0.164. The zero-order valence-corrected chi connectivity index (χ0v) is 10.5. The van der Waals surface area contributed by atoms with Crippen LogP contribution in [0.4, 0.5) is 0 Å². The molecule has 0 saturated carbocycles. The standard InChI is InChI=1S/C12H20N2O2/c1-8-10(15)13-7-5-6-9(13)11(16)14(8)12(2,3)4/h8-9H,5-7H2,1-4H3. The smallest absolute Gasteiger partial charge is 0.246 e. The fourth-order valence-electron chi connectivity index (χ4n) is 2.90. The topological polar surface area (TPSA) is 40.6 Å².